The van der Waals surface area contributed by atoms with E-state index in [9.17, 15) is 0 Å². The predicted octanol–water partition coefficient (Wildman–Crippen LogP) is 1.66. The van der Waals surface area contributed by atoms with E-state index in [2.05, 4.69) is 17.2 Å². The zero-order valence-electron chi connectivity index (χ0n) is 7.34. The molecule has 0 atom stereocenters. The van der Waals surface area contributed by atoms with Gasteiger partial charge in [0.15, 0.2) is 0 Å². The molecule has 0 saturated heterocycles. The predicted molar refractivity (Wildman–Crippen MR) is 52.2 cm³/mol. The van der Waals surface area contributed by atoms with Crippen molar-refractivity contribution in [3.05, 3.63) is 24.3 Å². The van der Waals surface area contributed by atoms with E-state index in [-0.39, 0.29) is 0 Å². The van der Waals surface area contributed by atoms with Gasteiger partial charge in [-0.3, -0.25) is 0 Å². The molecule has 1 aromatic carbocycles. The van der Waals surface area contributed by atoms with Gasteiger partial charge in [0.1, 0.15) is 5.75 Å². The molecule has 0 aliphatic heterocycles. The fourth-order valence-electron chi connectivity index (χ4n) is 0.919. The summed E-state index contributed by atoms with van der Waals surface area (Å²) in [4.78, 5) is 0. The number of unbranched alkanes of at least 4 members (excludes halogenated alkanes) is 1. The number of rotatable bonds is 4. The van der Waals surface area contributed by atoms with Gasteiger partial charge in [-0.2, -0.15) is 0 Å². The van der Waals surface area contributed by atoms with Crippen LogP contribution in [0.4, 0.5) is 0 Å². The van der Waals surface area contributed by atoms with Gasteiger partial charge in [-0.25, -0.2) is 0 Å². The molecule has 0 unspecified atom stereocenters. The fourth-order valence-corrected chi connectivity index (χ4v) is 1.17. The SMILES string of the molecule is CCCCOc1ccccc1[Si]. The van der Waals surface area contributed by atoms with Gasteiger partial charge in [-0.1, -0.05) is 31.5 Å². The summed E-state index contributed by atoms with van der Waals surface area (Å²) in [6.07, 6.45) is 2.28. The molecular weight excluding hydrogens is 164 g/mol. The maximum atomic E-state index is 5.53. The van der Waals surface area contributed by atoms with Crippen LogP contribution in [0.3, 0.4) is 0 Å². The van der Waals surface area contributed by atoms with Gasteiger partial charge in [0.2, 0.25) is 0 Å². The molecule has 3 radical (unpaired) electrons. The second-order valence-corrected chi connectivity index (χ2v) is 3.24. The molecule has 12 heavy (non-hydrogen) atoms. The topological polar surface area (TPSA) is 9.23 Å². The van der Waals surface area contributed by atoms with Gasteiger partial charge in [-0.05, 0) is 17.7 Å². The van der Waals surface area contributed by atoms with E-state index in [1.807, 2.05) is 24.3 Å². The molecule has 63 valence electrons. The summed E-state index contributed by atoms with van der Waals surface area (Å²) in [5, 5.41) is 1.02. The maximum absolute atomic E-state index is 5.53. The minimum atomic E-state index is 0.804. The molecule has 0 aliphatic carbocycles. The molecule has 0 aromatic heterocycles. The van der Waals surface area contributed by atoms with Crippen LogP contribution in [0.1, 0.15) is 19.8 Å². The number of hydrogen-bond donors (Lipinski definition) is 0. The molecular formula is C10H13OSi. The Morgan fingerprint density at radius 3 is 2.75 bits per heavy atom. The van der Waals surface area contributed by atoms with Crippen LogP contribution < -0.4 is 9.92 Å². The fraction of sp³-hybridized carbons (Fsp3) is 0.400. The molecule has 1 aromatic rings. The van der Waals surface area contributed by atoms with E-state index in [0.717, 1.165) is 24.0 Å². The van der Waals surface area contributed by atoms with Crippen LogP contribution in [0.25, 0.3) is 0 Å². The minimum absolute atomic E-state index is 0.804. The average molecular weight is 177 g/mol. The van der Waals surface area contributed by atoms with Crippen LogP contribution in [-0.2, 0) is 0 Å². The maximum Gasteiger partial charge on any atom is 0.117 e. The number of benzene rings is 1. The summed E-state index contributed by atoms with van der Waals surface area (Å²) < 4.78 is 5.53. The molecule has 0 spiro atoms. The molecule has 1 rings (SSSR count). The molecule has 0 saturated carbocycles. The van der Waals surface area contributed by atoms with Crippen molar-refractivity contribution < 1.29 is 4.74 Å². The first-order valence-corrected chi connectivity index (χ1v) is 4.78. The monoisotopic (exact) mass is 177 g/mol. The highest BCUT2D eigenvalue weighted by Gasteiger charge is 1.95. The van der Waals surface area contributed by atoms with Crippen molar-refractivity contribution in [2.45, 2.75) is 19.8 Å². The summed E-state index contributed by atoms with van der Waals surface area (Å²) in [5.41, 5.74) is 0. The first-order chi connectivity index (χ1) is 5.84. The first-order valence-electron chi connectivity index (χ1n) is 4.28. The highest BCUT2D eigenvalue weighted by molar-refractivity contribution is 6.34. The number of para-hydroxylation sites is 1. The number of ether oxygens (including phenoxy) is 1. The van der Waals surface area contributed by atoms with Crippen LogP contribution >= 0.6 is 0 Å². The normalized spacial score (nSPS) is 9.83. The molecule has 0 amide bonds. The van der Waals surface area contributed by atoms with Crippen molar-refractivity contribution in [2.24, 2.45) is 0 Å². The van der Waals surface area contributed by atoms with Crippen LogP contribution in [0.5, 0.6) is 5.75 Å². The highest BCUT2D eigenvalue weighted by Crippen LogP contribution is 2.05. The van der Waals surface area contributed by atoms with Crippen molar-refractivity contribution in [2.75, 3.05) is 6.61 Å². The molecule has 2 heteroatoms. The number of hydrogen-bond acceptors (Lipinski definition) is 1. The summed E-state index contributed by atoms with van der Waals surface area (Å²) in [5.74, 6) is 0.933. The summed E-state index contributed by atoms with van der Waals surface area (Å²) in [6.45, 7) is 2.96. The Labute approximate surface area is 77.2 Å². The van der Waals surface area contributed by atoms with Gasteiger partial charge in [0, 0.05) is 0 Å². The standard InChI is InChI=1S/C10H13OSi/c1-2-3-8-11-9-6-4-5-7-10(9)12/h4-7H,2-3,8H2,1H3. The minimum Gasteiger partial charge on any atom is -0.494 e. The summed E-state index contributed by atoms with van der Waals surface area (Å²) >= 11 is 0. The van der Waals surface area contributed by atoms with Crippen LogP contribution in [0, 0.1) is 0 Å². The lowest BCUT2D eigenvalue weighted by molar-refractivity contribution is 0.312. The van der Waals surface area contributed by atoms with Crippen molar-refractivity contribution in [3.63, 3.8) is 0 Å². The molecule has 0 aliphatic rings. The van der Waals surface area contributed by atoms with Crippen molar-refractivity contribution in [1.82, 2.24) is 0 Å². The summed E-state index contributed by atoms with van der Waals surface area (Å²) in [6, 6.07) is 7.91. The Bertz CT molecular complexity index is 235. The van der Waals surface area contributed by atoms with E-state index in [0.29, 0.717) is 0 Å². The highest BCUT2D eigenvalue weighted by atomic mass is 28.1. The second kappa shape index (κ2) is 4.98. The third-order valence-corrected chi connectivity index (χ3v) is 2.06. The molecule has 0 N–H and O–H groups in total. The Balaban J connectivity index is 2.46. The van der Waals surface area contributed by atoms with E-state index < -0.39 is 0 Å². The van der Waals surface area contributed by atoms with E-state index in [1.54, 1.807) is 0 Å². The van der Waals surface area contributed by atoms with Gasteiger partial charge in [-0.15, -0.1) is 0 Å². The van der Waals surface area contributed by atoms with Crippen LogP contribution in [0.2, 0.25) is 0 Å². The quantitative estimate of drug-likeness (QED) is 0.502. The van der Waals surface area contributed by atoms with E-state index >= 15 is 0 Å². The first kappa shape index (κ1) is 9.33. The van der Waals surface area contributed by atoms with Gasteiger partial charge in [0.25, 0.3) is 0 Å². The molecule has 1 nitrogen and oxygen atoms in total. The lowest BCUT2D eigenvalue weighted by Crippen LogP contribution is -2.09. The Hall–Kier alpha value is -0.763. The Morgan fingerprint density at radius 1 is 1.33 bits per heavy atom. The molecule has 0 bridgehead atoms. The Morgan fingerprint density at radius 2 is 2.08 bits per heavy atom. The second-order valence-electron chi connectivity index (χ2n) is 2.70. The van der Waals surface area contributed by atoms with Crippen molar-refractivity contribution in [1.29, 1.82) is 0 Å². The van der Waals surface area contributed by atoms with Crippen molar-refractivity contribution >= 4 is 15.4 Å². The average Bonchev–Trinajstić information content (AvgIpc) is 2.09. The van der Waals surface area contributed by atoms with E-state index in [1.165, 1.54) is 6.42 Å². The van der Waals surface area contributed by atoms with Gasteiger partial charge >= 0.3 is 0 Å². The Kier molecular flexibility index (Phi) is 3.87. The van der Waals surface area contributed by atoms with Gasteiger partial charge in [0.05, 0.1) is 16.8 Å². The van der Waals surface area contributed by atoms with Crippen LogP contribution in [-0.4, -0.2) is 16.8 Å². The van der Waals surface area contributed by atoms with Crippen molar-refractivity contribution in [3.8, 4) is 5.75 Å². The molecule has 0 heterocycles. The van der Waals surface area contributed by atoms with Gasteiger partial charge < -0.3 is 4.74 Å². The lowest BCUT2D eigenvalue weighted by atomic mass is 10.3. The zero-order valence-corrected chi connectivity index (χ0v) is 8.34. The third kappa shape index (κ3) is 2.70. The third-order valence-electron chi connectivity index (χ3n) is 1.64. The largest absolute Gasteiger partial charge is 0.494 e. The smallest absolute Gasteiger partial charge is 0.117 e. The lowest BCUT2D eigenvalue weighted by Gasteiger charge is -2.07. The summed E-state index contributed by atoms with van der Waals surface area (Å²) in [7, 11) is 3.47. The van der Waals surface area contributed by atoms with Crippen LogP contribution in [0.15, 0.2) is 24.3 Å². The molecule has 0 fully saturated rings. The van der Waals surface area contributed by atoms with E-state index in [4.69, 9.17) is 4.74 Å². The zero-order chi connectivity index (χ0) is 8.81.